The number of nitrogens with zero attached hydrogens (tertiary/aromatic N) is 5. The maximum atomic E-state index is 12.5. The number of hydrogen-bond donors (Lipinski definition) is 0. The van der Waals surface area contributed by atoms with Gasteiger partial charge in [-0.15, -0.1) is 0 Å². The van der Waals surface area contributed by atoms with Crippen LogP contribution in [0, 0.1) is 25.2 Å². The first kappa shape index (κ1) is 14.6. The Morgan fingerprint density at radius 2 is 2.26 bits per heavy atom. The van der Waals surface area contributed by atoms with E-state index in [-0.39, 0.29) is 5.91 Å². The summed E-state index contributed by atoms with van der Waals surface area (Å²) in [6, 6.07) is 0. The zero-order valence-corrected chi connectivity index (χ0v) is 14.0. The van der Waals surface area contributed by atoms with Crippen molar-refractivity contribution in [3.05, 3.63) is 23.3 Å². The van der Waals surface area contributed by atoms with Gasteiger partial charge in [-0.25, -0.2) is 9.50 Å². The van der Waals surface area contributed by atoms with Crippen molar-refractivity contribution in [3.8, 4) is 0 Å². The first-order valence-corrected chi connectivity index (χ1v) is 8.47. The smallest absolute Gasteiger partial charge is 0.252 e. The lowest BCUT2D eigenvalue weighted by Crippen LogP contribution is -2.32. The van der Waals surface area contributed by atoms with Gasteiger partial charge in [-0.2, -0.15) is 10.1 Å². The predicted octanol–water partition coefficient (Wildman–Crippen LogP) is 1.93. The highest BCUT2D eigenvalue weighted by Gasteiger charge is 2.59. The van der Waals surface area contributed by atoms with Crippen LogP contribution in [0.4, 0.5) is 0 Å². The molecule has 1 saturated heterocycles. The number of rotatable bonds is 4. The van der Waals surface area contributed by atoms with Gasteiger partial charge >= 0.3 is 0 Å². The Bertz CT molecular complexity index is 779. The summed E-state index contributed by atoms with van der Waals surface area (Å²) in [5.74, 6) is 1.66. The van der Waals surface area contributed by atoms with E-state index in [1.54, 1.807) is 4.52 Å². The topological polar surface area (TPSA) is 63.4 Å². The molecule has 0 aromatic carbocycles. The Kier molecular flexibility index (Phi) is 3.18. The lowest BCUT2D eigenvalue weighted by Gasteiger charge is -2.21. The summed E-state index contributed by atoms with van der Waals surface area (Å²) in [5.41, 5.74) is 3.56. The minimum Gasteiger partial charge on any atom is -0.342 e. The van der Waals surface area contributed by atoms with Crippen molar-refractivity contribution in [1.82, 2.24) is 24.5 Å². The Labute approximate surface area is 135 Å². The van der Waals surface area contributed by atoms with Crippen LogP contribution in [0.3, 0.4) is 0 Å². The fourth-order valence-corrected chi connectivity index (χ4v) is 4.24. The second-order valence-electron chi connectivity index (χ2n) is 7.12. The van der Waals surface area contributed by atoms with E-state index in [2.05, 4.69) is 26.9 Å². The van der Waals surface area contributed by atoms with Gasteiger partial charge in [0, 0.05) is 30.9 Å². The van der Waals surface area contributed by atoms with Gasteiger partial charge < -0.3 is 4.90 Å². The average Bonchev–Trinajstić information content (AvgIpc) is 2.88. The van der Waals surface area contributed by atoms with Crippen LogP contribution in [-0.4, -0.2) is 43.5 Å². The van der Waals surface area contributed by atoms with E-state index in [1.807, 2.05) is 13.8 Å². The number of fused-ring (bicyclic) bond motifs is 2. The van der Waals surface area contributed by atoms with Gasteiger partial charge in [-0.1, -0.05) is 6.92 Å². The molecule has 1 aliphatic heterocycles. The highest BCUT2D eigenvalue weighted by atomic mass is 16.2. The molecule has 3 heterocycles. The number of hydrogen-bond acceptors (Lipinski definition) is 4. The van der Waals surface area contributed by atoms with Crippen LogP contribution in [0.25, 0.3) is 5.78 Å². The molecule has 1 saturated carbocycles. The van der Waals surface area contributed by atoms with Crippen molar-refractivity contribution < 1.29 is 4.79 Å². The number of aryl methyl sites for hydroxylation is 2. The van der Waals surface area contributed by atoms with Gasteiger partial charge in [0.1, 0.15) is 6.33 Å². The van der Waals surface area contributed by atoms with E-state index in [4.69, 9.17) is 0 Å². The van der Waals surface area contributed by atoms with Gasteiger partial charge in [0.05, 0.1) is 0 Å². The summed E-state index contributed by atoms with van der Waals surface area (Å²) < 4.78 is 1.75. The molecule has 2 unspecified atom stereocenters. The minimum atomic E-state index is 0.280. The van der Waals surface area contributed by atoms with E-state index in [9.17, 15) is 4.79 Å². The summed E-state index contributed by atoms with van der Waals surface area (Å²) >= 11 is 0. The number of carbonyl (C=O) groups excluding carboxylic acids is 1. The van der Waals surface area contributed by atoms with Gasteiger partial charge in [-0.3, -0.25) is 4.79 Å². The zero-order chi connectivity index (χ0) is 16.2. The maximum absolute atomic E-state index is 12.5. The average molecular weight is 313 g/mol. The summed E-state index contributed by atoms with van der Waals surface area (Å²) in [5, 5.41) is 4.21. The van der Waals surface area contributed by atoms with E-state index >= 15 is 0 Å². The molecule has 0 bridgehead atoms. The molecule has 0 N–H and O–H groups in total. The van der Waals surface area contributed by atoms with Crippen molar-refractivity contribution in [3.63, 3.8) is 0 Å². The Hall–Kier alpha value is -1.98. The van der Waals surface area contributed by atoms with Gasteiger partial charge in [0.2, 0.25) is 5.91 Å². The third kappa shape index (κ3) is 2.23. The largest absolute Gasteiger partial charge is 0.342 e. The lowest BCUT2D eigenvalue weighted by molar-refractivity contribution is -0.130. The van der Waals surface area contributed by atoms with Crippen LogP contribution in [0.1, 0.15) is 43.1 Å². The number of likely N-dealkylation sites (tertiary alicyclic amines) is 1. The van der Waals surface area contributed by atoms with Crippen molar-refractivity contribution >= 4 is 11.7 Å². The van der Waals surface area contributed by atoms with E-state index < -0.39 is 0 Å². The monoisotopic (exact) mass is 313 g/mol. The number of piperidine rings is 1. The summed E-state index contributed by atoms with van der Waals surface area (Å²) in [6.07, 6.45) is 5.31. The molecular formula is C17H23N5O. The minimum absolute atomic E-state index is 0.280. The lowest BCUT2D eigenvalue weighted by atomic mass is 10.0. The van der Waals surface area contributed by atoms with Crippen molar-refractivity contribution in [2.75, 3.05) is 13.1 Å². The zero-order valence-electron chi connectivity index (χ0n) is 14.0. The van der Waals surface area contributed by atoms with E-state index in [0.717, 1.165) is 42.4 Å². The molecular weight excluding hydrogens is 290 g/mol. The van der Waals surface area contributed by atoms with Crippen LogP contribution in [0.5, 0.6) is 0 Å². The van der Waals surface area contributed by atoms with E-state index in [0.29, 0.717) is 17.6 Å². The quantitative estimate of drug-likeness (QED) is 0.865. The normalized spacial score (nSPS) is 25.9. The molecule has 2 aromatic heterocycles. The second kappa shape index (κ2) is 5.01. The fraction of sp³-hybridized carbons (Fsp3) is 0.647. The third-order valence-corrected chi connectivity index (χ3v) is 5.94. The predicted molar refractivity (Wildman–Crippen MR) is 86.0 cm³/mol. The molecule has 4 rings (SSSR count). The molecule has 122 valence electrons. The molecule has 1 amide bonds. The SMILES string of the molecule is CCC12CC1CN(C(=O)CCc1c(C)nc3ncnn3c1C)C2. The highest BCUT2D eigenvalue weighted by molar-refractivity contribution is 5.77. The molecule has 0 radical (unpaired) electrons. The fourth-order valence-electron chi connectivity index (χ4n) is 4.24. The summed E-state index contributed by atoms with van der Waals surface area (Å²) in [7, 11) is 0. The van der Waals surface area contributed by atoms with Crippen molar-refractivity contribution in [1.29, 1.82) is 0 Å². The van der Waals surface area contributed by atoms with Crippen LogP contribution in [-0.2, 0) is 11.2 Å². The van der Waals surface area contributed by atoms with Gasteiger partial charge in [-0.05, 0) is 50.0 Å². The molecule has 2 atom stereocenters. The molecule has 2 fully saturated rings. The molecule has 23 heavy (non-hydrogen) atoms. The molecule has 0 spiro atoms. The third-order valence-electron chi connectivity index (χ3n) is 5.94. The van der Waals surface area contributed by atoms with Crippen LogP contribution in [0.2, 0.25) is 0 Å². The molecule has 6 heteroatoms. The first-order chi connectivity index (χ1) is 11.0. The van der Waals surface area contributed by atoms with E-state index in [1.165, 1.54) is 19.2 Å². The summed E-state index contributed by atoms with van der Waals surface area (Å²) in [6.45, 7) is 8.18. The molecule has 2 aliphatic rings. The van der Waals surface area contributed by atoms with Gasteiger partial charge in [0.25, 0.3) is 5.78 Å². The van der Waals surface area contributed by atoms with Crippen molar-refractivity contribution in [2.45, 2.75) is 46.5 Å². The number of aromatic nitrogens is 4. The Balaban J connectivity index is 1.46. The number of carbonyl (C=O) groups is 1. The van der Waals surface area contributed by atoms with Gasteiger partial charge in [0.15, 0.2) is 0 Å². The highest BCUT2D eigenvalue weighted by Crippen LogP contribution is 2.59. The maximum Gasteiger partial charge on any atom is 0.252 e. The van der Waals surface area contributed by atoms with Crippen LogP contribution < -0.4 is 0 Å². The molecule has 2 aromatic rings. The first-order valence-electron chi connectivity index (χ1n) is 8.47. The molecule has 6 nitrogen and oxygen atoms in total. The second-order valence-corrected chi connectivity index (χ2v) is 7.12. The standard InChI is InChI=1S/C17H23N5O/c1-4-17-7-13(17)8-21(9-17)15(23)6-5-14-11(2)20-16-18-10-19-22(16)12(14)3/h10,13H,4-9H2,1-3H3. The Morgan fingerprint density at radius 1 is 1.43 bits per heavy atom. The number of amides is 1. The van der Waals surface area contributed by atoms with Crippen molar-refractivity contribution in [2.24, 2.45) is 11.3 Å². The Morgan fingerprint density at radius 3 is 3.00 bits per heavy atom. The van der Waals surface area contributed by atoms with Crippen LogP contribution in [0.15, 0.2) is 6.33 Å². The van der Waals surface area contributed by atoms with Crippen LogP contribution >= 0.6 is 0 Å². The summed E-state index contributed by atoms with van der Waals surface area (Å²) in [4.78, 5) is 23.2. The molecule has 1 aliphatic carbocycles.